The van der Waals surface area contributed by atoms with Crippen LogP contribution in [0.25, 0.3) is 0 Å². The van der Waals surface area contributed by atoms with Crippen molar-refractivity contribution in [3.05, 3.63) is 64.9 Å². The monoisotopic (exact) mass is 307 g/mol. The zero-order chi connectivity index (χ0) is 15.2. The van der Waals surface area contributed by atoms with Crippen molar-refractivity contribution in [3.63, 3.8) is 0 Å². The van der Waals surface area contributed by atoms with Gasteiger partial charge in [0.25, 0.3) is 5.91 Å². The molecular formula is C16H15ClFNO2. The maximum atomic E-state index is 13.4. The molecule has 0 aliphatic heterocycles. The van der Waals surface area contributed by atoms with Crippen molar-refractivity contribution in [2.75, 3.05) is 0 Å². The minimum Gasteiger partial charge on any atom is -0.481 e. The first kappa shape index (κ1) is 15.3. The van der Waals surface area contributed by atoms with Gasteiger partial charge in [-0.2, -0.15) is 0 Å². The molecule has 0 radical (unpaired) electrons. The van der Waals surface area contributed by atoms with Gasteiger partial charge in [0.15, 0.2) is 6.10 Å². The first-order chi connectivity index (χ1) is 10.1. The Bertz CT molecular complexity index is 616. The number of hydrogen-bond donors (Lipinski definition) is 1. The molecule has 110 valence electrons. The van der Waals surface area contributed by atoms with Gasteiger partial charge < -0.3 is 10.1 Å². The van der Waals surface area contributed by atoms with E-state index < -0.39 is 6.10 Å². The summed E-state index contributed by atoms with van der Waals surface area (Å²) in [5.74, 6) is -0.106. The van der Waals surface area contributed by atoms with Crippen LogP contribution in [0.4, 0.5) is 4.39 Å². The Morgan fingerprint density at radius 3 is 2.57 bits per heavy atom. The highest BCUT2D eigenvalue weighted by molar-refractivity contribution is 6.30. The number of carbonyl (C=O) groups is 1. The van der Waals surface area contributed by atoms with E-state index in [1.165, 1.54) is 6.07 Å². The lowest BCUT2D eigenvalue weighted by Crippen LogP contribution is -2.36. The third kappa shape index (κ3) is 4.46. The summed E-state index contributed by atoms with van der Waals surface area (Å²) in [5.41, 5.74) is 0.435. The maximum Gasteiger partial charge on any atom is 0.261 e. The molecular weight excluding hydrogens is 293 g/mol. The number of benzene rings is 2. The van der Waals surface area contributed by atoms with Gasteiger partial charge in [0.1, 0.15) is 11.6 Å². The summed E-state index contributed by atoms with van der Waals surface area (Å²) in [5, 5.41) is 3.24. The van der Waals surface area contributed by atoms with Crippen molar-refractivity contribution < 1.29 is 13.9 Å². The zero-order valence-corrected chi connectivity index (χ0v) is 12.2. The molecule has 0 saturated heterocycles. The van der Waals surface area contributed by atoms with Crippen molar-refractivity contribution in [3.8, 4) is 5.75 Å². The Kier molecular flexibility index (Phi) is 5.17. The molecule has 5 heteroatoms. The van der Waals surface area contributed by atoms with Crippen molar-refractivity contribution in [1.82, 2.24) is 5.32 Å². The zero-order valence-electron chi connectivity index (χ0n) is 11.5. The van der Waals surface area contributed by atoms with Gasteiger partial charge in [0, 0.05) is 17.1 Å². The van der Waals surface area contributed by atoms with Crippen molar-refractivity contribution >= 4 is 17.5 Å². The number of hydrogen-bond acceptors (Lipinski definition) is 2. The van der Waals surface area contributed by atoms with Crippen LogP contribution in [0.5, 0.6) is 5.75 Å². The summed E-state index contributed by atoms with van der Waals surface area (Å²) >= 11 is 5.77. The molecule has 0 bridgehead atoms. The molecule has 21 heavy (non-hydrogen) atoms. The van der Waals surface area contributed by atoms with Crippen molar-refractivity contribution in [1.29, 1.82) is 0 Å². The average molecular weight is 308 g/mol. The molecule has 0 heterocycles. The number of ether oxygens (including phenoxy) is 1. The van der Waals surface area contributed by atoms with Gasteiger partial charge in [-0.1, -0.05) is 29.8 Å². The van der Waals surface area contributed by atoms with Crippen LogP contribution in [-0.4, -0.2) is 12.0 Å². The van der Waals surface area contributed by atoms with Gasteiger partial charge in [-0.15, -0.1) is 0 Å². The normalized spacial score (nSPS) is 11.8. The van der Waals surface area contributed by atoms with E-state index in [1.54, 1.807) is 49.4 Å². The first-order valence-corrected chi connectivity index (χ1v) is 6.87. The Hall–Kier alpha value is -2.07. The molecule has 0 aliphatic carbocycles. The number of rotatable bonds is 5. The van der Waals surface area contributed by atoms with E-state index in [0.717, 1.165) is 0 Å². The fourth-order valence-electron chi connectivity index (χ4n) is 1.74. The van der Waals surface area contributed by atoms with Crippen LogP contribution >= 0.6 is 11.6 Å². The van der Waals surface area contributed by atoms with E-state index >= 15 is 0 Å². The molecule has 0 saturated carbocycles. The van der Waals surface area contributed by atoms with Crippen LogP contribution in [0.3, 0.4) is 0 Å². The first-order valence-electron chi connectivity index (χ1n) is 6.49. The molecule has 1 unspecified atom stereocenters. The molecule has 0 fully saturated rings. The molecule has 0 spiro atoms. The van der Waals surface area contributed by atoms with E-state index in [4.69, 9.17) is 16.3 Å². The molecule has 1 N–H and O–H groups in total. The summed E-state index contributed by atoms with van der Waals surface area (Å²) in [6.07, 6.45) is -0.682. The van der Waals surface area contributed by atoms with Crippen molar-refractivity contribution in [2.45, 2.75) is 19.6 Å². The van der Waals surface area contributed by atoms with Gasteiger partial charge in [-0.25, -0.2) is 4.39 Å². The highest BCUT2D eigenvalue weighted by Crippen LogP contribution is 2.16. The summed E-state index contributed by atoms with van der Waals surface area (Å²) in [4.78, 5) is 11.9. The summed E-state index contributed by atoms with van der Waals surface area (Å²) in [6, 6.07) is 13.0. The van der Waals surface area contributed by atoms with Crippen LogP contribution in [0.1, 0.15) is 12.5 Å². The average Bonchev–Trinajstić information content (AvgIpc) is 2.48. The Balaban J connectivity index is 1.88. The third-order valence-corrected chi connectivity index (χ3v) is 3.16. The number of carbonyl (C=O) groups excluding carboxylic acids is 1. The Morgan fingerprint density at radius 1 is 1.24 bits per heavy atom. The van der Waals surface area contributed by atoms with Crippen LogP contribution in [0.15, 0.2) is 48.5 Å². The number of nitrogens with one attached hydrogen (secondary N) is 1. The van der Waals surface area contributed by atoms with E-state index in [0.29, 0.717) is 16.3 Å². The second kappa shape index (κ2) is 7.09. The van der Waals surface area contributed by atoms with Gasteiger partial charge in [0.2, 0.25) is 0 Å². The molecule has 2 aromatic rings. The topological polar surface area (TPSA) is 38.3 Å². The highest BCUT2D eigenvalue weighted by Gasteiger charge is 2.14. The molecule has 2 aromatic carbocycles. The lowest BCUT2D eigenvalue weighted by molar-refractivity contribution is -0.127. The SMILES string of the molecule is CC(Oc1ccc(Cl)cc1)C(=O)NCc1ccccc1F. The second-order valence-electron chi connectivity index (χ2n) is 4.52. The summed E-state index contributed by atoms with van der Waals surface area (Å²) in [6.45, 7) is 1.76. The molecule has 1 amide bonds. The van der Waals surface area contributed by atoms with Crippen LogP contribution in [0, 0.1) is 5.82 Å². The van der Waals surface area contributed by atoms with Gasteiger partial charge in [-0.05, 0) is 37.3 Å². The van der Waals surface area contributed by atoms with Crippen LogP contribution < -0.4 is 10.1 Å². The number of halogens is 2. The fraction of sp³-hybridized carbons (Fsp3) is 0.188. The fourth-order valence-corrected chi connectivity index (χ4v) is 1.86. The standard InChI is InChI=1S/C16H15ClFNO2/c1-11(21-14-8-6-13(17)7-9-14)16(20)19-10-12-4-2-3-5-15(12)18/h2-9,11H,10H2,1H3,(H,19,20). The lowest BCUT2D eigenvalue weighted by atomic mass is 10.2. The largest absolute Gasteiger partial charge is 0.481 e. The van der Waals surface area contributed by atoms with Gasteiger partial charge >= 0.3 is 0 Å². The smallest absolute Gasteiger partial charge is 0.261 e. The highest BCUT2D eigenvalue weighted by atomic mass is 35.5. The quantitative estimate of drug-likeness (QED) is 0.917. The molecule has 3 nitrogen and oxygen atoms in total. The number of amides is 1. The van der Waals surface area contributed by atoms with Gasteiger partial charge in [-0.3, -0.25) is 4.79 Å². The molecule has 0 aliphatic rings. The predicted molar refractivity (Wildman–Crippen MR) is 79.8 cm³/mol. The van der Waals surface area contributed by atoms with Crippen molar-refractivity contribution in [2.24, 2.45) is 0 Å². The lowest BCUT2D eigenvalue weighted by Gasteiger charge is -2.15. The van der Waals surface area contributed by atoms with Crippen LogP contribution in [0.2, 0.25) is 5.02 Å². The maximum absolute atomic E-state index is 13.4. The predicted octanol–water partition coefficient (Wildman–Crippen LogP) is 3.56. The van der Waals surface area contributed by atoms with E-state index in [1.807, 2.05) is 0 Å². The van der Waals surface area contributed by atoms with E-state index in [2.05, 4.69) is 5.32 Å². The van der Waals surface area contributed by atoms with Gasteiger partial charge in [0.05, 0.1) is 0 Å². The summed E-state index contributed by atoms with van der Waals surface area (Å²) < 4.78 is 18.9. The Labute approximate surface area is 127 Å². The minimum absolute atomic E-state index is 0.125. The van der Waals surface area contributed by atoms with E-state index in [9.17, 15) is 9.18 Å². The molecule has 1 atom stereocenters. The molecule has 0 aromatic heterocycles. The Morgan fingerprint density at radius 2 is 1.90 bits per heavy atom. The van der Waals surface area contributed by atoms with E-state index in [-0.39, 0.29) is 18.3 Å². The molecule has 2 rings (SSSR count). The van der Waals surface area contributed by atoms with Crippen LogP contribution in [-0.2, 0) is 11.3 Å². The third-order valence-electron chi connectivity index (χ3n) is 2.91. The minimum atomic E-state index is -0.682. The second-order valence-corrected chi connectivity index (χ2v) is 4.96. The summed E-state index contributed by atoms with van der Waals surface area (Å²) in [7, 11) is 0.